The highest BCUT2D eigenvalue weighted by atomic mass is 79.9. The Morgan fingerprint density at radius 1 is 1.56 bits per heavy atom. The standard InChI is InChI=1S/C11H13BrClNOS/c12-10-5-4-9(16-10)11(15)14-6-7-2-1-3-8(7)13/h4-5,7-8H,1-3,6H2,(H,14,15). The lowest BCUT2D eigenvalue weighted by Crippen LogP contribution is -2.30. The molecule has 2 nitrogen and oxygen atoms in total. The molecule has 1 aromatic heterocycles. The van der Waals surface area contributed by atoms with Crippen LogP contribution in [0.4, 0.5) is 0 Å². The number of nitrogens with one attached hydrogen (secondary N) is 1. The Bertz CT molecular complexity index is 382. The molecule has 1 amide bonds. The van der Waals surface area contributed by atoms with E-state index in [1.807, 2.05) is 12.1 Å². The Morgan fingerprint density at radius 3 is 2.94 bits per heavy atom. The Labute approximate surface area is 113 Å². The van der Waals surface area contributed by atoms with E-state index in [1.54, 1.807) is 0 Å². The number of thiophene rings is 1. The SMILES string of the molecule is O=C(NCC1CCCC1Cl)c1ccc(Br)s1. The Hall–Kier alpha value is -0.0600. The molecule has 0 spiro atoms. The van der Waals surface area contributed by atoms with Crippen LogP contribution in [0.15, 0.2) is 15.9 Å². The summed E-state index contributed by atoms with van der Waals surface area (Å²) in [5.74, 6) is 0.445. The zero-order chi connectivity index (χ0) is 11.5. The molecule has 2 atom stereocenters. The van der Waals surface area contributed by atoms with Gasteiger partial charge in [-0.15, -0.1) is 22.9 Å². The molecule has 0 aliphatic heterocycles. The summed E-state index contributed by atoms with van der Waals surface area (Å²) in [7, 11) is 0. The molecule has 2 rings (SSSR count). The van der Waals surface area contributed by atoms with Crippen molar-refractivity contribution in [1.29, 1.82) is 0 Å². The minimum absolute atomic E-state index is 0.00599. The molecule has 1 N–H and O–H groups in total. The molecule has 1 aliphatic carbocycles. The molecule has 1 aromatic rings. The van der Waals surface area contributed by atoms with Gasteiger partial charge in [0.05, 0.1) is 8.66 Å². The van der Waals surface area contributed by atoms with Crippen molar-refractivity contribution in [3.8, 4) is 0 Å². The van der Waals surface area contributed by atoms with E-state index in [0.717, 1.165) is 21.5 Å². The van der Waals surface area contributed by atoms with E-state index in [9.17, 15) is 4.79 Å². The van der Waals surface area contributed by atoms with E-state index in [-0.39, 0.29) is 11.3 Å². The second-order valence-corrected chi connectivity index (χ2v) is 7.04. The van der Waals surface area contributed by atoms with Gasteiger partial charge in [0.2, 0.25) is 0 Å². The average molecular weight is 323 g/mol. The topological polar surface area (TPSA) is 29.1 Å². The van der Waals surface area contributed by atoms with Crippen molar-refractivity contribution in [2.75, 3.05) is 6.54 Å². The van der Waals surface area contributed by atoms with Crippen molar-refractivity contribution in [1.82, 2.24) is 5.32 Å². The number of amides is 1. The Balaban J connectivity index is 1.84. The summed E-state index contributed by atoms with van der Waals surface area (Å²) in [6, 6.07) is 3.72. The van der Waals surface area contributed by atoms with E-state index in [1.165, 1.54) is 17.8 Å². The molecule has 0 radical (unpaired) electrons. The molecular formula is C11H13BrClNOS. The summed E-state index contributed by atoms with van der Waals surface area (Å²) >= 11 is 11.0. The molecule has 0 aromatic carbocycles. The van der Waals surface area contributed by atoms with Crippen LogP contribution in [0, 0.1) is 5.92 Å². The number of alkyl halides is 1. The van der Waals surface area contributed by atoms with Gasteiger partial charge in [0, 0.05) is 11.9 Å². The molecule has 5 heteroatoms. The van der Waals surface area contributed by atoms with Gasteiger partial charge in [-0.2, -0.15) is 0 Å². The fourth-order valence-corrected chi connectivity index (χ4v) is 3.64. The number of carbonyl (C=O) groups excluding carboxylic acids is 1. The molecular weight excluding hydrogens is 310 g/mol. The second-order valence-electron chi connectivity index (χ2n) is 4.02. The smallest absolute Gasteiger partial charge is 0.261 e. The van der Waals surface area contributed by atoms with Crippen molar-refractivity contribution < 1.29 is 4.79 Å². The van der Waals surface area contributed by atoms with Crippen LogP contribution in [0.1, 0.15) is 28.9 Å². The largest absolute Gasteiger partial charge is 0.351 e. The maximum absolute atomic E-state index is 11.8. The zero-order valence-corrected chi connectivity index (χ0v) is 11.9. The Morgan fingerprint density at radius 2 is 2.38 bits per heavy atom. The first-order valence-corrected chi connectivity index (χ1v) is 7.39. The van der Waals surface area contributed by atoms with Crippen molar-refractivity contribution in [2.24, 2.45) is 5.92 Å². The molecule has 0 bridgehead atoms. The van der Waals surface area contributed by atoms with Gasteiger partial charge in [-0.25, -0.2) is 0 Å². The molecule has 1 saturated carbocycles. The lowest BCUT2D eigenvalue weighted by molar-refractivity contribution is 0.0951. The van der Waals surface area contributed by atoms with Crippen molar-refractivity contribution in [3.05, 3.63) is 20.8 Å². The van der Waals surface area contributed by atoms with Crippen LogP contribution in [0.5, 0.6) is 0 Å². The first-order chi connectivity index (χ1) is 7.66. The molecule has 2 unspecified atom stereocenters. The van der Waals surface area contributed by atoms with Gasteiger partial charge in [0.1, 0.15) is 0 Å². The van der Waals surface area contributed by atoms with Crippen molar-refractivity contribution in [3.63, 3.8) is 0 Å². The first kappa shape index (κ1) is 12.4. The van der Waals surface area contributed by atoms with Gasteiger partial charge in [-0.1, -0.05) is 6.42 Å². The maximum Gasteiger partial charge on any atom is 0.261 e. The van der Waals surface area contributed by atoms with Gasteiger partial charge in [0.25, 0.3) is 5.91 Å². The van der Waals surface area contributed by atoms with Crippen molar-refractivity contribution in [2.45, 2.75) is 24.6 Å². The quantitative estimate of drug-likeness (QED) is 0.846. The number of hydrogen-bond donors (Lipinski definition) is 1. The second kappa shape index (κ2) is 5.52. The van der Waals surface area contributed by atoms with Crippen LogP contribution in [-0.4, -0.2) is 17.8 Å². The van der Waals surface area contributed by atoms with Crippen LogP contribution in [0.2, 0.25) is 0 Å². The summed E-state index contributed by atoms with van der Waals surface area (Å²) < 4.78 is 0.980. The fraction of sp³-hybridized carbons (Fsp3) is 0.545. The van der Waals surface area contributed by atoms with Gasteiger partial charge >= 0.3 is 0 Å². The summed E-state index contributed by atoms with van der Waals surface area (Å²) in [6.45, 7) is 0.697. The highest BCUT2D eigenvalue weighted by Gasteiger charge is 2.25. The zero-order valence-electron chi connectivity index (χ0n) is 8.71. The van der Waals surface area contributed by atoms with E-state index >= 15 is 0 Å². The highest BCUT2D eigenvalue weighted by Crippen LogP contribution is 2.29. The highest BCUT2D eigenvalue weighted by molar-refractivity contribution is 9.11. The maximum atomic E-state index is 11.8. The van der Waals surface area contributed by atoms with E-state index in [4.69, 9.17) is 11.6 Å². The monoisotopic (exact) mass is 321 g/mol. The van der Waals surface area contributed by atoms with E-state index in [0.29, 0.717) is 12.5 Å². The Kier molecular flexibility index (Phi) is 4.27. The number of rotatable bonds is 3. The van der Waals surface area contributed by atoms with Gasteiger partial charge < -0.3 is 5.32 Å². The summed E-state index contributed by atoms with van der Waals surface area (Å²) in [4.78, 5) is 12.5. The van der Waals surface area contributed by atoms with Gasteiger partial charge in [-0.3, -0.25) is 4.79 Å². The van der Waals surface area contributed by atoms with Crippen LogP contribution < -0.4 is 5.32 Å². The van der Waals surface area contributed by atoms with Gasteiger partial charge in [0.15, 0.2) is 0 Å². The molecule has 1 fully saturated rings. The third kappa shape index (κ3) is 2.99. The minimum Gasteiger partial charge on any atom is -0.351 e. The molecule has 1 heterocycles. The minimum atomic E-state index is 0.00599. The summed E-state index contributed by atoms with van der Waals surface area (Å²) in [5.41, 5.74) is 0. The number of carbonyl (C=O) groups is 1. The van der Waals surface area contributed by atoms with Crippen LogP contribution in [0.25, 0.3) is 0 Å². The first-order valence-electron chi connectivity index (χ1n) is 5.34. The lowest BCUT2D eigenvalue weighted by atomic mass is 10.1. The van der Waals surface area contributed by atoms with Crippen LogP contribution >= 0.6 is 38.9 Å². The predicted molar refractivity (Wildman–Crippen MR) is 71.3 cm³/mol. The lowest BCUT2D eigenvalue weighted by Gasteiger charge is -2.13. The molecule has 88 valence electrons. The normalized spacial score (nSPS) is 24.6. The van der Waals surface area contributed by atoms with E-state index in [2.05, 4.69) is 21.2 Å². The summed E-state index contributed by atoms with van der Waals surface area (Å²) in [5, 5.41) is 3.18. The number of halogens is 2. The third-order valence-electron chi connectivity index (χ3n) is 2.89. The van der Waals surface area contributed by atoms with E-state index < -0.39 is 0 Å². The molecule has 1 aliphatic rings. The number of hydrogen-bond acceptors (Lipinski definition) is 2. The average Bonchev–Trinajstić information content (AvgIpc) is 2.84. The third-order valence-corrected chi connectivity index (χ3v) is 5.09. The molecule has 0 saturated heterocycles. The van der Waals surface area contributed by atoms with Gasteiger partial charge in [-0.05, 0) is 46.8 Å². The summed E-state index contributed by atoms with van der Waals surface area (Å²) in [6.07, 6.45) is 3.38. The van der Waals surface area contributed by atoms with Crippen LogP contribution in [0.3, 0.4) is 0 Å². The molecule has 16 heavy (non-hydrogen) atoms. The van der Waals surface area contributed by atoms with Crippen LogP contribution in [-0.2, 0) is 0 Å². The predicted octanol–water partition coefficient (Wildman–Crippen LogP) is 3.65. The van der Waals surface area contributed by atoms with Crippen molar-refractivity contribution >= 4 is 44.8 Å². The fourth-order valence-electron chi connectivity index (χ4n) is 1.97.